The largest absolute Gasteiger partial charge is 0.480 e. The lowest BCUT2D eigenvalue weighted by Gasteiger charge is -2.15. The van der Waals surface area contributed by atoms with Gasteiger partial charge in [0.15, 0.2) is 0 Å². The topological polar surface area (TPSA) is 114 Å². The number of aliphatic carboxylic acids is 1. The van der Waals surface area contributed by atoms with E-state index in [9.17, 15) is 14.4 Å². The van der Waals surface area contributed by atoms with Crippen LogP contribution in [-0.2, 0) is 20.9 Å². The number of carbonyl (C=O) groups excluding carboxylic acids is 2. The molecule has 0 aliphatic heterocycles. The molecule has 0 saturated carbocycles. The molecule has 26 heavy (non-hydrogen) atoms. The smallest absolute Gasteiger partial charge is 0.407 e. The minimum Gasteiger partial charge on any atom is -0.480 e. The Bertz CT molecular complexity index is 576. The highest BCUT2D eigenvalue weighted by Gasteiger charge is 2.20. The van der Waals surface area contributed by atoms with Gasteiger partial charge in [0.05, 0.1) is 6.61 Å². The number of rotatable bonds is 10. The van der Waals surface area contributed by atoms with Crippen LogP contribution in [0.25, 0.3) is 0 Å². The summed E-state index contributed by atoms with van der Waals surface area (Å²) in [5.74, 6) is -0.992. The highest BCUT2D eigenvalue weighted by Crippen LogP contribution is 2.02. The minimum atomic E-state index is -1.15. The molecule has 1 rings (SSSR count). The number of amides is 2. The Morgan fingerprint density at radius 1 is 1.08 bits per heavy atom. The van der Waals surface area contributed by atoms with Crippen molar-refractivity contribution in [1.82, 2.24) is 10.6 Å². The van der Waals surface area contributed by atoms with Gasteiger partial charge < -0.3 is 25.2 Å². The maximum Gasteiger partial charge on any atom is 0.407 e. The van der Waals surface area contributed by atoms with E-state index < -0.39 is 24.2 Å². The van der Waals surface area contributed by atoms with E-state index in [-0.39, 0.29) is 32.1 Å². The number of nitrogens with one attached hydrogen (secondary N) is 2. The van der Waals surface area contributed by atoms with E-state index in [1.807, 2.05) is 44.2 Å². The number of alkyl carbamates (subject to hydrolysis) is 2. The molecule has 1 aromatic carbocycles. The van der Waals surface area contributed by atoms with E-state index in [1.165, 1.54) is 0 Å². The molecule has 0 aliphatic rings. The van der Waals surface area contributed by atoms with Gasteiger partial charge in [0.2, 0.25) is 0 Å². The van der Waals surface area contributed by atoms with Crippen LogP contribution >= 0.6 is 0 Å². The molecule has 1 aromatic rings. The number of carboxylic acid groups (broad SMARTS) is 1. The molecule has 0 aliphatic carbocycles. The average molecular weight is 366 g/mol. The quantitative estimate of drug-likeness (QED) is 0.548. The third-order valence-corrected chi connectivity index (χ3v) is 3.29. The Hall–Kier alpha value is -2.77. The molecule has 0 aromatic heterocycles. The van der Waals surface area contributed by atoms with Gasteiger partial charge >= 0.3 is 18.2 Å². The summed E-state index contributed by atoms with van der Waals surface area (Å²) in [5.41, 5.74) is 0.873. The molecule has 2 amide bonds. The van der Waals surface area contributed by atoms with E-state index in [2.05, 4.69) is 10.6 Å². The second-order valence-electron chi connectivity index (χ2n) is 6.16. The predicted molar refractivity (Wildman–Crippen MR) is 94.6 cm³/mol. The fraction of sp³-hybridized carbons (Fsp3) is 0.500. The van der Waals surface area contributed by atoms with Crippen LogP contribution in [0.5, 0.6) is 0 Å². The summed E-state index contributed by atoms with van der Waals surface area (Å²) < 4.78 is 9.94. The van der Waals surface area contributed by atoms with Gasteiger partial charge in [0, 0.05) is 6.54 Å². The average Bonchev–Trinajstić information content (AvgIpc) is 2.61. The third kappa shape index (κ3) is 9.51. The molecule has 8 heteroatoms. The molecule has 0 fully saturated rings. The van der Waals surface area contributed by atoms with Gasteiger partial charge in [-0.25, -0.2) is 14.4 Å². The van der Waals surface area contributed by atoms with Gasteiger partial charge in [0.1, 0.15) is 12.6 Å². The zero-order valence-electron chi connectivity index (χ0n) is 15.1. The minimum absolute atomic E-state index is 0.158. The molecule has 3 N–H and O–H groups in total. The molecule has 8 nitrogen and oxygen atoms in total. The van der Waals surface area contributed by atoms with Crippen molar-refractivity contribution < 1.29 is 29.0 Å². The zero-order chi connectivity index (χ0) is 19.4. The van der Waals surface area contributed by atoms with Crippen LogP contribution in [0, 0.1) is 5.92 Å². The Morgan fingerprint density at radius 3 is 2.38 bits per heavy atom. The van der Waals surface area contributed by atoms with Gasteiger partial charge in [-0.1, -0.05) is 44.2 Å². The fourth-order valence-electron chi connectivity index (χ4n) is 1.95. The maximum atomic E-state index is 11.6. The van der Waals surface area contributed by atoms with Gasteiger partial charge in [-0.3, -0.25) is 0 Å². The first-order valence-corrected chi connectivity index (χ1v) is 8.49. The normalized spacial score (nSPS) is 11.5. The highest BCUT2D eigenvalue weighted by atomic mass is 16.6. The number of hydrogen-bond acceptors (Lipinski definition) is 5. The zero-order valence-corrected chi connectivity index (χ0v) is 15.1. The monoisotopic (exact) mass is 366 g/mol. The van der Waals surface area contributed by atoms with Crippen molar-refractivity contribution in [2.75, 3.05) is 13.2 Å². The molecular weight excluding hydrogens is 340 g/mol. The summed E-state index contributed by atoms with van der Waals surface area (Å²) in [6.45, 7) is 4.37. The molecule has 1 atom stereocenters. The van der Waals surface area contributed by atoms with E-state index in [0.29, 0.717) is 6.42 Å². The molecular formula is C18H26N2O6. The van der Waals surface area contributed by atoms with Crippen LogP contribution in [0.1, 0.15) is 32.3 Å². The molecule has 0 bridgehead atoms. The fourth-order valence-corrected chi connectivity index (χ4v) is 1.95. The van der Waals surface area contributed by atoms with Crippen LogP contribution in [-0.4, -0.2) is 42.5 Å². The second kappa shape index (κ2) is 11.7. The second-order valence-corrected chi connectivity index (χ2v) is 6.16. The van der Waals surface area contributed by atoms with Crippen LogP contribution < -0.4 is 10.6 Å². The predicted octanol–water partition coefficient (Wildman–Crippen LogP) is 2.53. The lowest BCUT2D eigenvalue weighted by Crippen LogP contribution is -2.41. The first kappa shape index (κ1) is 21.3. The van der Waals surface area contributed by atoms with Crippen molar-refractivity contribution in [2.24, 2.45) is 5.92 Å². The molecule has 0 radical (unpaired) electrons. The third-order valence-electron chi connectivity index (χ3n) is 3.29. The standard InChI is InChI=1S/C18H26N2O6/c1-13(2)11-25-18(24)20-15(16(21)22)9-6-10-19-17(23)26-12-14-7-4-3-5-8-14/h3-5,7-8,13,15H,6,9-12H2,1-2H3,(H,19,23)(H,20,24)(H,21,22)/t15-/m1/s1. The van der Waals surface area contributed by atoms with Crippen molar-refractivity contribution >= 4 is 18.2 Å². The van der Waals surface area contributed by atoms with Crippen LogP contribution in [0.3, 0.4) is 0 Å². The summed E-state index contributed by atoms with van der Waals surface area (Å²) in [4.78, 5) is 34.3. The van der Waals surface area contributed by atoms with Crippen molar-refractivity contribution in [3.63, 3.8) is 0 Å². The summed E-state index contributed by atoms with van der Waals surface area (Å²) in [6.07, 6.45) is -0.821. The van der Waals surface area contributed by atoms with Crippen LogP contribution in [0.4, 0.5) is 9.59 Å². The van der Waals surface area contributed by atoms with Crippen molar-refractivity contribution in [3.8, 4) is 0 Å². The summed E-state index contributed by atoms with van der Waals surface area (Å²) in [6, 6.07) is 8.18. The summed E-state index contributed by atoms with van der Waals surface area (Å²) >= 11 is 0. The van der Waals surface area contributed by atoms with Crippen molar-refractivity contribution in [2.45, 2.75) is 39.3 Å². The summed E-state index contributed by atoms with van der Waals surface area (Å²) in [7, 11) is 0. The number of hydrogen-bond donors (Lipinski definition) is 3. The Balaban J connectivity index is 2.22. The molecule has 144 valence electrons. The Kier molecular flexibility index (Phi) is 9.59. The van der Waals surface area contributed by atoms with E-state index in [0.717, 1.165) is 5.56 Å². The van der Waals surface area contributed by atoms with E-state index >= 15 is 0 Å². The van der Waals surface area contributed by atoms with Crippen LogP contribution in [0.15, 0.2) is 30.3 Å². The number of ether oxygens (including phenoxy) is 2. The summed E-state index contributed by atoms with van der Waals surface area (Å²) in [5, 5.41) is 14.0. The van der Waals surface area contributed by atoms with Gasteiger partial charge in [-0.05, 0) is 24.3 Å². The van der Waals surface area contributed by atoms with Crippen molar-refractivity contribution in [1.29, 1.82) is 0 Å². The van der Waals surface area contributed by atoms with E-state index in [4.69, 9.17) is 14.6 Å². The first-order valence-electron chi connectivity index (χ1n) is 8.49. The lowest BCUT2D eigenvalue weighted by atomic mass is 10.1. The number of carbonyl (C=O) groups is 3. The maximum absolute atomic E-state index is 11.6. The SMILES string of the molecule is CC(C)COC(=O)N[C@H](CCCNC(=O)OCc1ccccc1)C(=O)O. The van der Waals surface area contributed by atoms with Gasteiger partial charge in [-0.15, -0.1) is 0 Å². The molecule has 0 saturated heterocycles. The number of carboxylic acids is 1. The first-order chi connectivity index (χ1) is 12.4. The lowest BCUT2D eigenvalue weighted by molar-refractivity contribution is -0.139. The number of benzene rings is 1. The van der Waals surface area contributed by atoms with Gasteiger partial charge in [0.25, 0.3) is 0 Å². The van der Waals surface area contributed by atoms with Gasteiger partial charge in [-0.2, -0.15) is 0 Å². The molecule has 0 heterocycles. The Morgan fingerprint density at radius 2 is 1.77 bits per heavy atom. The highest BCUT2D eigenvalue weighted by molar-refractivity contribution is 5.79. The molecule has 0 unspecified atom stereocenters. The van der Waals surface area contributed by atoms with Crippen molar-refractivity contribution in [3.05, 3.63) is 35.9 Å². The van der Waals surface area contributed by atoms with E-state index in [1.54, 1.807) is 0 Å². The van der Waals surface area contributed by atoms with Crippen LogP contribution in [0.2, 0.25) is 0 Å². The Labute approximate surface area is 152 Å². The molecule has 0 spiro atoms.